The molecule has 0 amide bonds. The van der Waals surface area contributed by atoms with Gasteiger partial charge in [0, 0.05) is 0 Å². The Morgan fingerprint density at radius 2 is 1.27 bits per heavy atom. The fourth-order valence-electron chi connectivity index (χ4n) is 8.94. The van der Waals surface area contributed by atoms with Crippen LogP contribution in [0.3, 0.4) is 0 Å². The van der Waals surface area contributed by atoms with E-state index in [1.54, 1.807) is 68.5 Å². The van der Waals surface area contributed by atoms with E-state index in [0.29, 0.717) is 15.5 Å². The van der Waals surface area contributed by atoms with Crippen LogP contribution in [0.4, 0.5) is 0 Å². The first-order valence-electron chi connectivity index (χ1n) is 17.8. The monoisotopic (exact) mass is 779 g/mol. The van der Waals surface area contributed by atoms with Gasteiger partial charge < -0.3 is 24.8 Å². The summed E-state index contributed by atoms with van der Waals surface area (Å²) in [7, 11) is -1.98. The molecule has 0 radical (unpaired) electrons. The summed E-state index contributed by atoms with van der Waals surface area (Å²) >= 11 is 1.63. The second kappa shape index (κ2) is 13.2. The van der Waals surface area contributed by atoms with E-state index in [4.69, 9.17) is 0 Å². The Labute approximate surface area is 325 Å². The van der Waals surface area contributed by atoms with Gasteiger partial charge in [-0.15, -0.1) is 0 Å². The van der Waals surface area contributed by atoms with E-state index in [9.17, 15) is 0 Å². The molecule has 0 fully saturated rings. The van der Waals surface area contributed by atoms with E-state index in [0.717, 1.165) is 0 Å². The average molecular weight is 782 g/mol. The first-order chi connectivity index (χ1) is 22.1. The number of fused-ring (bicyclic) bond motifs is 2. The molecule has 2 bridgehead atoms. The minimum Gasteiger partial charge on any atom is -1.00 e. The van der Waals surface area contributed by atoms with Crippen LogP contribution in [0.2, 0.25) is 13.1 Å². The van der Waals surface area contributed by atoms with Crippen LogP contribution in [-0.4, -0.2) is 8.07 Å². The van der Waals surface area contributed by atoms with Gasteiger partial charge in [-0.25, -0.2) is 0 Å². The van der Waals surface area contributed by atoms with Crippen LogP contribution < -0.4 is 30.0 Å². The number of benzene rings is 4. The molecule has 4 heteroatoms. The number of allylic oxidation sites excluding steroid dienone is 2. The predicted octanol–water partition coefficient (Wildman–Crippen LogP) is 6.04. The maximum atomic E-state index is 2.71. The van der Waals surface area contributed by atoms with E-state index in [2.05, 4.69) is 154 Å². The fourth-order valence-corrected chi connectivity index (χ4v) is 14.8. The van der Waals surface area contributed by atoms with Crippen molar-refractivity contribution >= 4 is 24.5 Å². The summed E-state index contributed by atoms with van der Waals surface area (Å²) in [6.07, 6.45) is 3.75. The van der Waals surface area contributed by atoms with E-state index in [1.807, 2.05) is 0 Å². The zero-order chi connectivity index (χ0) is 33.8. The second-order valence-electron chi connectivity index (χ2n) is 17.2. The molecule has 0 aromatic heterocycles. The molecule has 1 aliphatic heterocycles. The Kier molecular flexibility index (Phi) is 10.3. The van der Waals surface area contributed by atoms with Crippen molar-refractivity contribution < 1.29 is 49.5 Å². The molecule has 3 aliphatic rings. The SMILES string of the molecule is CCC1=C2c3c(cc(C4C(C(C)C)=Cc5c(-c6ccc(C(C)(C)C)cc6)cccc54)c(c3-c3ccc(C(C)(C)C)cc3)[Si]2(C)C)[CH]1[Zr+2].[Cl-].[Cl-]. The van der Waals surface area contributed by atoms with E-state index in [-0.39, 0.29) is 35.6 Å². The largest absolute Gasteiger partial charge is 1.00 e. The molecule has 0 saturated heterocycles. The van der Waals surface area contributed by atoms with Crippen molar-refractivity contribution in [1.29, 1.82) is 0 Å². The van der Waals surface area contributed by atoms with Gasteiger partial charge in [0.2, 0.25) is 0 Å². The molecule has 0 nitrogen and oxygen atoms in total. The van der Waals surface area contributed by atoms with Gasteiger partial charge in [0.15, 0.2) is 0 Å². The topological polar surface area (TPSA) is 0 Å². The molecule has 0 N–H and O–H groups in total. The third-order valence-electron chi connectivity index (χ3n) is 11.4. The van der Waals surface area contributed by atoms with Crippen molar-refractivity contribution in [2.45, 2.75) is 102 Å². The maximum Gasteiger partial charge on any atom is -1.00 e. The molecule has 4 aromatic rings. The Morgan fingerprint density at radius 1 is 0.714 bits per heavy atom. The van der Waals surface area contributed by atoms with Crippen molar-refractivity contribution in [3.63, 3.8) is 0 Å². The molecule has 7 rings (SSSR count). The van der Waals surface area contributed by atoms with Gasteiger partial charge in [0.05, 0.1) is 0 Å². The number of halogens is 2. The van der Waals surface area contributed by atoms with Gasteiger partial charge in [-0.1, -0.05) is 20.8 Å². The van der Waals surface area contributed by atoms with Crippen LogP contribution in [0.15, 0.2) is 83.9 Å². The van der Waals surface area contributed by atoms with Crippen molar-refractivity contribution in [2.75, 3.05) is 0 Å². The Bertz CT molecular complexity index is 1980. The summed E-state index contributed by atoms with van der Waals surface area (Å²) in [6, 6.07) is 28.9. The van der Waals surface area contributed by atoms with Crippen LogP contribution in [-0.2, 0) is 35.5 Å². The van der Waals surface area contributed by atoms with Crippen molar-refractivity contribution in [3.05, 3.63) is 123 Å². The summed E-state index contributed by atoms with van der Waals surface area (Å²) < 4.78 is 0.574. The van der Waals surface area contributed by atoms with Crippen LogP contribution in [0.1, 0.15) is 117 Å². The molecular weight excluding hydrogens is 731 g/mol. The molecule has 0 spiro atoms. The van der Waals surface area contributed by atoms with Gasteiger partial charge in [-0.2, -0.15) is 0 Å². The summed E-state index contributed by atoms with van der Waals surface area (Å²) in [4.78, 5) is 0. The smallest absolute Gasteiger partial charge is 1.00 e. The first kappa shape index (κ1) is 38.3. The predicted molar refractivity (Wildman–Crippen MR) is 203 cm³/mol. The molecule has 2 atom stereocenters. The normalized spacial score (nSPS) is 18.8. The van der Waals surface area contributed by atoms with Gasteiger partial charge in [-0.3, -0.25) is 0 Å². The van der Waals surface area contributed by atoms with Gasteiger partial charge >= 0.3 is 276 Å². The van der Waals surface area contributed by atoms with Crippen molar-refractivity contribution in [2.24, 2.45) is 5.92 Å². The second-order valence-corrected chi connectivity index (χ2v) is 22.9. The van der Waals surface area contributed by atoms with Gasteiger partial charge in [0.25, 0.3) is 0 Å². The van der Waals surface area contributed by atoms with Gasteiger partial charge in [-0.05, 0) is 5.41 Å². The summed E-state index contributed by atoms with van der Waals surface area (Å²) in [5, 5.41) is 3.47. The quantitative estimate of drug-likeness (QED) is 0.217. The molecule has 2 unspecified atom stereocenters. The van der Waals surface area contributed by atoms with Crippen LogP contribution in [0.25, 0.3) is 33.5 Å². The van der Waals surface area contributed by atoms with Gasteiger partial charge in [0.1, 0.15) is 0 Å². The third-order valence-corrected chi connectivity index (χ3v) is 16.7. The molecular formula is C45H51Cl2SiZr. The summed E-state index contributed by atoms with van der Waals surface area (Å²) in [5.41, 5.74) is 19.9. The summed E-state index contributed by atoms with van der Waals surface area (Å²) in [6.45, 7) is 26.4. The number of rotatable bonds is 5. The van der Waals surface area contributed by atoms with E-state index < -0.39 is 8.07 Å². The van der Waals surface area contributed by atoms with Crippen molar-refractivity contribution in [3.8, 4) is 22.3 Å². The Hall–Kier alpha value is -1.96. The average Bonchev–Trinajstić information content (AvgIpc) is 3.60. The number of hydrogen-bond donors (Lipinski definition) is 0. The zero-order valence-electron chi connectivity index (χ0n) is 31.2. The third kappa shape index (κ3) is 6.00. The zero-order valence-corrected chi connectivity index (χ0v) is 36.2. The molecule has 0 saturated carbocycles. The minimum atomic E-state index is -1.98. The van der Waals surface area contributed by atoms with Crippen molar-refractivity contribution in [1.82, 2.24) is 0 Å². The Balaban J connectivity index is 0.00000234. The molecule has 2 aliphatic carbocycles. The molecule has 253 valence electrons. The fraction of sp³-hybridized carbons (Fsp3) is 0.378. The standard InChI is InChI=1S/C45H51Si.2ClH.Zr/c1-12-28-24-31-25-38(43-39(40(31)42(28)46(43,10)11)30-18-22-33(23-19-30)45(7,8)9)41-35-15-13-14-34(37(35)26-36(41)27(2)3)29-16-20-32(21-17-29)44(4,5)6;;;/h13-27,41H,12H2,1-11H3;2*1H;/q;;;+2/p-2. The molecule has 49 heavy (non-hydrogen) atoms. The van der Waals surface area contributed by atoms with Crippen LogP contribution in [0, 0.1) is 5.92 Å². The van der Waals surface area contributed by atoms with E-state index >= 15 is 0 Å². The minimum absolute atomic E-state index is 0. The van der Waals surface area contributed by atoms with Crippen LogP contribution >= 0.6 is 0 Å². The molecule has 1 heterocycles. The number of hydrogen-bond acceptors (Lipinski definition) is 0. The van der Waals surface area contributed by atoms with Crippen LogP contribution in [0.5, 0.6) is 0 Å². The Morgan fingerprint density at radius 3 is 1.78 bits per heavy atom. The molecule has 4 aromatic carbocycles. The maximum absolute atomic E-state index is 2.71. The van der Waals surface area contributed by atoms with E-state index in [1.165, 1.54) is 45.4 Å². The first-order valence-corrected chi connectivity index (χ1v) is 22.2. The summed E-state index contributed by atoms with van der Waals surface area (Å²) in [5.74, 6) is 0.763.